The highest BCUT2D eigenvalue weighted by Gasteiger charge is 2.67. The zero-order valence-electron chi connectivity index (χ0n) is 14.9. The van der Waals surface area contributed by atoms with Crippen LogP contribution in [0.3, 0.4) is 0 Å². The van der Waals surface area contributed by atoms with Crippen molar-refractivity contribution < 1.29 is 8.85 Å². The lowest BCUT2D eigenvalue weighted by atomic mass is 11.5. The highest BCUT2D eigenvalue weighted by atomic mass is 29.8. The summed E-state index contributed by atoms with van der Waals surface area (Å²) >= 11 is 0. The Labute approximate surface area is 124 Å². The van der Waals surface area contributed by atoms with Crippen molar-refractivity contribution in [3.63, 3.8) is 0 Å². The Hall–Kier alpha value is 1.00. The third-order valence-corrected chi connectivity index (χ3v) is 72.9. The molecule has 7 heteroatoms. The van der Waals surface area contributed by atoms with Gasteiger partial charge in [0, 0.05) is 7.11 Å². The largest absolute Gasteiger partial charge is 0.400 e. The van der Waals surface area contributed by atoms with Gasteiger partial charge in [0.15, 0.2) is 16.2 Å². The van der Waals surface area contributed by atoms with Gasteiger partial charge in [0.2, 0.25) is 0 Å². The van der Waals surface area contributed by atoms with E-state index in [0.717, 1.165) is 0 Å². The van der Waals surface area contributed by atoms with E-state index >= 15 is 0 Å². The van der Waals surface area contributed by atoms with Gasteiger partial charge in [-0.3, -0.25) is 0 Å². The smallest absolute Gasteiger partial charge is 0.186 e. The van der Waals surface area contributed by atoms with Crippen LogP contribution in [0.1, 0.15) is 0 Å². The van der Waals surface area contributed by atoms with Crippen molar-refractivity contribution in [1.82, 2.24) is 0 Å². The van der Waals surface area contributed by atoms with Gasteiger partial charge in [0.25, 0.3) is 0 Å². The second-order valence-electron chi connectivity index (χ2n) is 9.16. The Morgan fingerprint density at radius 2 is 1.21 bits per heavy atom. The molecule has 1 atom stereocenters. The molecule has 1 aliphatic rings. The van der Waals surface area contributed by atoms with E-state index in [9.17, 15) is 0 Å². The van der Waals surface area contributed by atoms with Gasteiger partial charge >= 0.3 is 0 Å². The minimum absolute atomic E-state index is 0.169. The van der Waals surface area contributed by atoms with E-state index in [4.69, 9.17) is 8.85 Å². The van der Waals surface area contributed by atoms with Crippen LogP contribution in [-0.2, 0) is 8.85 Å². The Morgan fingerprint density at radius 1 is 0.789 bits per heavy atom. The van der Waals surface area contributed by atoms with Gasteiger partial charge in [-0.25, -0.2) is 0 Å². The van der Waals surface area contributed by atoms with Crippen molar-refractivity contribution >= 4 is 38.0 Å². The van der Waals surface area contributed by atoms with Gasteiger partial charge in [-0.15, -0.1) is 0 Å². The molecule has 1 unspecified atom stereocenters. The summed E-state index contributed by atoms with van der Waals surface area (Å²) in [4.78, 5) is 0. The first-order valence-corrected chi connectivity index (χ1v) is 25.8. The van der Waals surface area contributed by atoms with Crippen LogP contribution in [0, 0.1) is 0 Å². The molecule has 1 rings (SSSR count). The Bertz CT molecular complexity index is 358. The molecule has 2 nitrogen and oxygen atoms in total. The number of hydrogen-bond acceptors (Lipinski definition) is 2. The molecular formula is C12H34O2Si5. The minimum Gasteiger partial charge on any atom is -0.400 e. The second kappa shape index (κ2) is 4.75. The van der Waals surface area contributed by atoms with E-state index in [1.54, 1.807) is 0 Å². The topological polar surface area (TPSA) is 18.5 Å². The zero-order chi connectivity index (χ0) is 15.5. The van der Waals surface area contributed by atoms with Crippen molar-refractivity contribution in [2.75, 3.05) is 0 Å². The van der Waals surface area contributed by atoms with Crippen LogP contribution in [0.25, 0.3) is 0 Å². The molecule has 1 fully saturated rings. The van der Waals surface area contributed by atoms with Crippen molar-refractivity contribution in [2.24, 2.45) is 0 Å². The molecule has 0 saturated carbocycles. The van der Waals surface area contributed by atoms with Crippen LogP contribution in [0.5, 0.6) is 0 Å². The fraction of sp³-hybridized carbons (Fsp3) is 1.00. The van der Waals surface area contributed by atoms with Gasteiger partial charge in [-0.05, 0) is 32.7 Å². The summed E-state index contributed by atoms with van der Waals surface area (Å²) in [6.45, 7) is 27.4. The van der Waals surface area contributed by atoms with Crippen LogP contribution < -0.4 is 0 Å². The van der Waals surface area contributed by atoms with Crippen LogP contribution in [0.4, 0.5) is 0 Å². The Kier molecular flexibility index (Phi) is 4.52. The van der Waals surface area contributed by atoms with Gasteiger partial charge in [-0.1, -0.05) is 39.3 Å². The first kappa shape index (κ1) is 18.1. The minimum atomic E-state index is -1.57. The predicted molar refractivity (Wildman–Crippen MR) is 99.2 cm³/mol. The summed E-state index contributed by atoms with van der Waals surface area (Å²) in [5.74, 6) is 0.169. The third kappa shape index (κ3) is 2.84. The van der Waals surface area contributed by atoms with Gasteiger partial charge in [0.05, 0.1) is 7.11 Å². The lowest BCUT2D eigenvalue weighted by molar-refractivity contribution is 0.0573. The maximum absolute atomic E-state index is 6.73. The van der Waals surface area contributed by atoms with E-state index in [-0.39, 0.29) is 5.91 Å². The second-order valence-corrected chi connectivity index (χ2v) is 52.8. The van der Waals surface area contributed by atoms with Crippen LogP contribution in [0.2, 0.25) is 72.0 Å². The average molecular weight is 351 g/mol. The summed E-state index contributed by atoms with van der Waals surface area (Å²) in [6, 6.07) is 0. The van der Waals surface area contributed by atoms with E-state index < -0.39 is 38.0 Å². The molecule has 1 aliphatic heterocycles. The highest BCUT2D eigenvalue weighted by Crippen LogP contribution is 2.44. The quantitative estimate of drug-likeness (QED) is 0.691. The summed E-state index contributed by atoms with van der Waals surface area (Å²) in [7, 11) is -7.04. The molecule has 19 heavy (non-hydrogen) atoms. The lowest BCUT2D eigenvalue weighted by Crippen LogP contribution is -2.88. The molecule has 0 spiro atoms. The van der Waals surface area contributed by atoms with Gasteiger partial charge in [0.1, 0.15) is 13.5 Å². The molecule has 114 valence electrons. The molecule has 0 N–H and O–H groups in total. The zero-order valence-corrected chi connectivity index (χ0v) is 19.9. The summed E-state index contributed by atoms with van der Waals surface area (Å²) in [5.41, 5.74) is 0. The average Bonchev–Trinajstić information content (AvgIpc) is 2.11. The van der Waals surface area contributed by atoms with E-state index in [1.807, 2.05) is 0 Å². The molecule has 0 radical (unpaired) electrons. The standard InChI is InChI=1S/C12H34O2Si5/c1-15(2,3)13-12-14-17(6,7)19(10,11)18(8,9)16(12,4)5/h12H,1-11H3. The molecule has 0 bridgehead atoms. The molecule has 0 aromatic carbocycles. The first-order chi connectivity index (χ1) is 8.06. The van der Waals surface area contributed by atoms with Crippen molar-refractivity contribution in [2.45, 2.75) is 77.9 Å². The third-order valence-electron chi connectivity index (χ3n) is 6.13. The SMILES string of the molecule is C[Si](C)(C)OC1O[Si](C)(C)[Si](C)(C)[Si](C)(C)[Si]1(C)C. The number of hydrogen-bond donors (Lipinski definition) is 0. The summed E-state index contributed by atoms with van der Waals surface area (Å²) in [6.07, 6.45) is 0. The van der Waals surface area contributed by atoms with E-state index in [0.29, 0.717) is 0 Å². The monoisotopic (exact) mass is 350 g/mol. The molecule has 1 saturated heterocycles. The molecule has 0 aromatic heterocycles. The Balaban J connectivity index is 3.26. The summed E-state index contributed by atoms with van der Waals surface area (Å²) < 4.78 is 13.3. The van der Waals surface area contributed by atoms with Crippen LogP contribution >= 0.6 is 0 Å². The molecule has 0 amide bonds. The molecule has 0 aliphatic carbocycles. The van der Waals surface area contributed by atoms with Gasteiger partial charge in [-0.2, -0.15) is 0 Å². The van der Waals surface area contributed by atoms with Crippen molar-refractivity contribution in [3.8, 4) is 0 Å². The number of rotatable bonds is 2. The maximum Gasteiger partial charge on any atom is 0.186 e. The van der Waals surface area contributed by atoms with Crippen LogP contribution in [-0.4, -0.2) is 43.9 Å². The molecular weight excluding hydrogens is 317 g/mol. The fourth-order valence-electron chi connectivity index (χ4n) is 2.91. The van der Waals surface area contributed by atoms with Crippen LogP contribution in [0.15, 0.2) is 0 Å². The van der Waals surface area contributed by atoms with E-state index in [2.05, 4.69) is 72.0 Å². The normalized spacial score (nSPS) is 32.1. The van der Waals surface area contributed by atoms with Gasteiger partial charge < -0.3 is 8.85 Å². The maximum atomic E-state index is 6.73. The summed E-state index contributed by atoms with van der Waals surface area (Å²) in [5, 5.41) is 0. The molecule has 0 aromatic rings. The predicted octanol–water partition coefficient (Wildman–Crippen LogP) is 4.30. The Morgan fingerprint density at radius 3 is 1.58 bits per heavy atom. The van der Waals surface area contributed by atoms with Crippen molar-refractivity contribution in [3.05, 3.63) is 0 Å². The fourth-order valence-corrected chi connectivity index (χ4v) is 72.8. The van der Waals surface area contributed by atoms with Crippen molar-refractivity contribution in [1.29, 1.82) is 0 Å². The lowest BCUT2D eigenvalue weighted by Gasteiger charge is -2.62. The first-order valence-electron chi connectivity index (χ1n) is 7.42. The highest BCUT2D eigenvalue weighted by molar-refractivity contribution is 7.83. The van der Waals surface area contributed by atoms with E-state index in [1.165, 1.54) is 0 Å². The molecule has 1 heterocycles.